The highest BCUT2D eigenvalue weighted by Gasteiger charge is 2.39. The Balaban J connectivity index is 0.000000120. The Bertz CT molecular complexity index is 7450. The maximum Gasteiger partial charge on any atom is 0.268 e. The van der Waals surface area contributed by atoms with Gasteiger partial charge in [0.25, 0.3) is 5.91 Å². The van der Waals surface area contributed by atoms with E-state index < -0.39 is 5.91 Å². The van der Waals surface area contributed by atoms with E-state index in [4.69, 9.17) is 35.6 Å². The number of benzene rings is 12. The summed E-state index contributed by atoms with van der Waals surface area (Å²) in [5.41, 5.74) is 20.0. The fourth-order valence-electron chi connectivity index (χ4n) is 18.7. The second-order valence-corrected chi connectivity index (χ2v) is 36.1. The van der Waals surface area contributed by atoms with Gasteiger partial charge in [0.1, 0.15) is 52.0 Å². The first-order valence-electron chi connectivity index (χ1n) is 45.4. The Morgan fingerprint density at radius 1 is 0.341 bits per heavy atom. The highest BCUT2D eigenvalue weighted by Crippen LogP contribution is 2.43. The van der Waals surface area contributed by atoms with Crippen LogP contribution in [0.5, 0.6) is 23.0 Å². The molecule has 9 heterocycles. The summed E-state index contributed by atoms with van der Waals surface area (Å²) in [6, 6.07) is 70.7. The number of carbonyl (C=O) groups excluding carboxylic acids is 5. The first-order valence-corrected chi connectivity index (χ1v) is 45.4. The van der Waals surface area contributed by atoms with E-state index in [1.165, 1.54) is 24.3 Å². The summed E-state index contributed by atoms with van der Waals surface area (Å²) in [5.74, 6) is 3.64. The van der Waals surface area contributed by atoms with Gasteiger partial charge in [0.05, 0.1) is 62.8 Å². The molecule has 5 amide bonds. The summed E-state index contributed by atoms with van der Waals surface area (Å²) in [6.45, 7) is 22.7. The normalized spacial score (nSPS) is 14.7. The smallest absolute Gasteiger partial charge is 0.268 e. The highest BCUT2D eigenvalue weighted by atomic mass is 16.3. The minimum absolute atomic E-state index is 0.0409. The van der Waals surface area contributed by atoms with Crippen LogP contribution in [-0.4, -0.2) is 238 Å². The number of primary amides is 1. The lowest BCUT2D eigenvalue weighted by Crippen LogP contribution is -2.48. The van der Waals surface area contributed by atoms with Crippen LogP contribution in [0.3, 0.4) is 0 Å². The van der Waals surface area contributed by atoms with Crippen LogP contribution in [-0.2, 0) is 32.0 Å². The molecule has 0 radical (unpaired) electrons. The Kier molecular flexibility index (Phi) is 25.5. The van der Waals surface area contributed by atoms with Crippen LogP contribution in [0, 0.1) is 0 Å². The van der Waals surface area contributed by atoms with Crippen LogP contribution >= 0.6 is 0 Å². The minimum atomic E-state index is -0.644. The number of nitrogens with zero attached hydrogens (tertiary/aromatic N) is 15. The largest absolute Gasteiger partial charge is 0.508 e. The van der Waals surface area contributed by atoms with Crippen molar-refractivity contribution in [3.05, 3.63) is 315 Å². The van der Waals surface area contributed by atoms with E-state index in [9.17, 15) is 44.4 Å². The standard InChI is InChI=1S/C29H30N4O2.C28H26N4O2.C28H28N4O2.C25H20N4O3/c1-4-28(35)33-17-21(18-33)29-30-26(10-7-13-32(2)3)25-15-20(11-12-27(25)31-29)24-16-22(34)14-19-8-5-6-9-23(19)24;1-3-26(34)32-15-20(16-32)28-29-25-9-8-18(11-24(25)27(30-28)19-13-31(2)14-19)23-12-21(33)10-17-6-4-5-7-22(17)23;1-4-27(34)32-16-20(17-32)28-29-25-10-9-19(14-24(25)26(30-28)11-12-31(2)3)23-15-21(33)13-18-7-5-6-8-22(18)23;1-2-22(31)29-12-16(13-29)25-27-21-8-7-15(10-20(21)23(28-25)24(26)32)19-11-17(30)9-14-5-3-4-6-18(14)19/h4-6,8-9,11-12,14-16,21,34H,1,7,10,13,17-18H2,2-3H3;3-12,19-20,33H,1,13-16H2,2H3;4-10,13-15,20,33H,1,11-12,16-17H2,2-3H3;2-11,16,30H,1,12-13H2,(H2,26,32). The third-order valence-corrected chi connectivity index (χ3v) is 26.1. The maximum atomic E-state index is 12.2. The Morgan fingerprint density at radius 3 is 0.963 bits per heavy atom. The zero-order valence-corrected chi connectivity index (χ0v) is 76.0. The molecular weight excluding hydrogens is 1690 g/mol. The topological polar surface area (TPSA) is 318 Å². The van der Waals surface area contributed by atoms with Gasteiger partial charge in [-0.15, -0.1) is 0 Å². The molecule has 16 aromatic rings. The van der Waals surface area contributed by atoms with E-state index in [2.05, 4.69) is 153 Å². The van der Waals surface area contributed by atoms with Crippen molar-refractivity contribution in [1.82, 2.24) is 74.2 Å². The highest BCUT2D eigenvalue weighted by molar-refractivity contribution is 6.08. The summed E-state index contributed by atoms with van der Waals surface area (Å²) >= 11 is 0. The molecule has 5 aliphatic heterocycles. The molecule has 25 nitrogen and oxygen atoms in total. The van der Waals surface area contributed by atoms with Gasteiger partial charge in [0, 0.05) is 106 Å². The summed E-state index contributed by atoms with van der Waals surface area (Å²) in [4.78, 5) is 112. The zero-order valence-electron chi connectivity index (χ0n) is 76.0. The summed E-state index contributed by atoms with van der Waals surface area (Å²) < 4.78 is 0. The molecule has 0 bridgehead atoms. The maximum absolute atomic E-state index is 12.2. The van der Waals surface area contributed by atoms with E-state index in [0.717, 1.165) is 200 Å². The quantitative estimate of drug-likeness (QED) is 0.0417. The summed E-state index contributed by atoms with van der Waals surface area (Å²) in [6.07, 6.45) is 7.98. The number of amides is 5. The average molecular weight is 1790 g/mol. The van der Waals surface area contributed by atoms with E-state index in [0.29, 0.717) is 75.0 Å². The van der Waals surface area contributed by atoms with E-state index in [1.54, 1.807) is 49.9 Å². The number of nitrogens with two attached hydrogens (primary N) is 1. The predicted molar refractivity (Wildman–Crippen MR) is 533 cm³/mol. The molecule has 6 N–H and O–H groups in total. The summed E-state index contributed by atoms with van der Waals surface area (Å²) in [5, 5.41) is 53.1. The van der Waals surface area contributed by atoms with E-state index in [1.807, 2.05) is 121 Å². The van der Waals surface area contributed by atoms with Crippen molar-refractivity contribution in [1.29, 1.82) is 0 Å². The van der Waals surface area contributed by atoms with Gasteiger partial charge in [-0.1, -0.05) is 148 Å². The van der Waals surface area contributed by atoms with E-state index >= 15 is 0 Å². The van der Waals surface area contributed by atoms with Crippen LogP contribution in [0.4, 0.5) is 0 Å². The number of phenols is 4. The van der Waals surface area contributed by atoms with Gasteiger partial charge >= 0.3 is 0 Å². The lowest BCUT2D eigenvalue weighted by molar-refractivity contribution is -0.131. The average Bonchev–Trinajstić information content (AvgIpc) is 0.757. The molecule has 0 aliphatic carbocycles. The molecule has 678 valence electrons. The van der Waals surface area contributed by atoms with Gasteiger partial charge in [-0.2, -0.15) is 0 Å². The molecule has 5 aliphatic rings. The van der Waals surface area contributed by atoms with Crippen LogP contribution < -0.4 is 5.73 Å². The van der Waals surface area contributed by atoms with E-state index in [-0.39, 0.29) is 76.0 Å². The van der Waals surface area contributed by atoms with Gasteiger partial charge in [-0.05, 0) is 264 Å². The zero-order chi connectivity index (χ0) is 94.1. The van der Waals surface area contributed by atoms with Crippen molar-refractivity contribution in [3.63, 3.8) is 0 Å². The fraction of sp³-hybridized carbons (Fsp3) is 0.227. The number of likely N-dealkylation sites (tertiary alicyclic amines) is 5. The van der Waals surface area contributed by atoms with Crippen molar-refractivity contribution in [2.45, 2.75) is 48.9 Å². The van der Waals surface area contributed by atoms with Crippen molar-refractivity contribution >= 4 is 116 Å². The van der Waals surface area contributed by atoms with Gasteiger partial charge in [-0.3, -0.25) is 24.0 Å². The molecule has 0 unspecified atom stereocenters. The van der Waals surface area contributed by atoms with Crippen molar-refractivity contribution in [3.8, 4) is 67.5 Å². The number of aromatic hydroxyl groups is 4. The predicted octanol–water partition coefficient (Wildman–Crippen LogP) is 16.8. The molecular formula is C110H104N16O9. The number of hydrogen-bond donors (Lipinski definition) is 5. The van der Waals surface area contributed by atoms with Crippen LogP contribution in [0.25, 0.3) is 131 Å². The molecule has 5 saturated heterocycles. The van der Waals surface area contributed by atoms with Crippen LogP contribution in [0.1, 0.15) is 86.9 Å². The number of phenolic OH excluding ortho intramolecular Hbond substituents is 4. The first-order chi connectivity index (χ1) is 65.3. The van der Waals surface area contributed by atoms with Gasteiger partial charge in [-0.25, -0.2) is 39.9 Å². The van der Waals surface area contributed by atoms with Gasteiger partial charge < -0.3 is 60.5 Å². The monoisotopic (exact) mass is 1790 g/mol. The molecule has 4 aromatic heterocycles. The Labute approximate surface area is 781 Å². The molecule has 25 heteroatoms. The molecule has 5 fully saturated rings. The molecule has 135 heavy (non-hydrogen) atoms. The second-order valence-electron chi connectivity index (χ2n) is 36.1. The van der Waals surface area contributed by atoms with Gasteiger partial charge in [0.2, 0.25) is 23.6 Å². The number of fused-ring (bicyclic) bond motifs is 8. The third-order valence-electron chi connectivity index (χ3n) is 26.1. The van der Waals surface area contributed by atoms with Crippen molar-refractivity contribution in [2.24, 2.45) is 5.73 Å². The third kappa shape index (κ3) is 18.9. The lowest BCUT2D eigenvalue weighted by Gasteiger charge is -2.39. The number of likely N-dealkylation sites (N-methyl/N-ethyl adjacent to an activating group) is 2. The molecule has 0 spiro atoms. The molecule has 12 aromatic carbocycles. The number of carbonyl (C=O) groups is 5. The number of rotatable bonds is 21. The van der Waals surface area contributed by atoms with Crippen LogP contribution in [0.15, 0.2) is 269 Å². The molecule has 0 saturated carbocycles. The second kappa shape index (κ2) is 38.3. The molecule has 21 rings (SSSR count). The Morgan fingerprint density at radius 2 is 0.637 bits per heavy atom. The number of aryl methyl sites for hydroxylation is 1. The SMILES string of the molecule is C=CC(=O)N1CC(c2nc(C(N)=O)c3cc(-c4cc(O)cc5ccccc45)ccc3n2)C1.C=CC(=O)N1CC(c2nc(C3CN(C)C3)c3cc(-c4cc(O)cc5ccccc45)ccc3n2)C1.C=CC(=O)N1CC(c2nc(CCCN(C)C)c3cc(-c4cc(O)cc5ccccc45)ccc3n2)C1.C=CC(=O)N1CC(c2nc(CCN(C)C)c3cc(-c4cc(O)cc5ccccc45)ccc3n2)C1. The number of hydrogen-bond acceptors (Lipinski definition) is 20. The van der Waals surface area contributed by atoms with Crippen LogP contribution in [0.2, 0.25) is 0 Å². The fourth-order valence-corrected chi connectivity index (χ4v) is 18.7. The molecule has 0 atom stereocenters. The minimum Gasteiger partial charge on any atom is -0.508 e. The van der Waals surface area contributed by atoms with Crippen molar-refractivity contribution in [2.75, 3.05) is 114 Å². The Hall–Kier alpha value is -15.6. The number of aromatic nitrogens is 8. The lowest BCUT2D eigenvalue weighted by atomic mass is 9.90. The van der Waals surface area contributed by atoms with Gasteiger partial charge in [0.15, 0.2) is 0 Å². The summed E-state index contributed by atoms with van der Waals surface area (Å²) in [7, 11) is 10.4. The first kappa shape index (κ1) is 90.0. The van der Waals surface area contributed by atoms with Crippen molar-refractivity contribution < 1.29 is 44.4 Å².